The van der Waals surface area contributed by atoms with Crippen molar-refractivity contribution < 1.29 is 27.4 Å². The lowest BCUT2D eigenvalue weighted by Gasteiger charge is -2.15. The molecule has 0 heterocycles. The molecule has 162 valence electrons. The number of halogens is 4. The van der Waals surface area contributed by atoms with Gasteiger partial charge in [0.1, 0.15) is 0 Å². The van der Waals surface area contributed by atoms with Crippen molar-refractivity contribution in [3.63, 3.8) is 0 Å². The fourth-order valence-corrected chi connectivity index (χ4v) is 3.68. The Morgan fingerprint density at radius 2 is 1.57 bits per heavy atom. The summed E-state index contributed by atoms with van der Waals surface area (Å²) in [4.78, 5) is 10.6. The van der Waals surface area contributed by atoms with Crippen molar-refractivity contribution in [1.82, 2.24) is 0 Å². The summed E-state index contributed by atoms with van der Waals surface area (Å²) < 4.78 is 47.1. The molecule has 0 radical (unpaired) electrons. The van der Waals surface area contributed by atoms with Crippen LogP contribution in [0.15, 0.2) is 58.2 Å². The number of unbranched alkanes of at least 4 members (excludes halogenated alkanes) is 1. The average Bonchev–Trinajstić information content (AvgIpc) is 2.71. The van der Waals surface area contributed by atoms with Gasteiger partial charge in [0.05, 0.1) is 13.2 Å². The van der Waals surface area contributed by atoms with E-state index in [4.69, 9.17) is 4.74 Å². The number of ether oxygens (including phenoxy) is 2. The molecule has 0 saturated carbocycles. The molecule has 0 aliphatic rings. The number of rotatable bonds is 10. The standard InChI is InChI=1S/C23H24F3IO3/c1-17-9-5-6-12-19(17)21(18-10-3-2-4-11-18)20(27)13-16-29-14-7-8-15-30-22(28)23(24,25)26/h2-6,9-12H,7-8,13-16H2,1H3/b21-20-. The lowest BCUT2D eigenvalue weighted by molar-refractivity contribution is -0.199. The normalized spacial score (nSPS) is 12.4. The van der Waals surface area contributed by atoms with E-state index in [9.17, 15) is 18.0 Å². The largest absolute Gasteiger partial charge is 0.490 e. The Balaban J connectivity index is 1.86. The van der Waals surface area contributed by atoms with Crippen molar-refractivity contribution in [3.05, 3.63) is 74.9 Å². The smallest absolute Gasteiger partial charge is 0.459 e. The maximum atomic E-state index is 12.0. The predicted molar refractivity (Wildman–Crippen MR) is 119 cm³/mol. The maximum absolute atomic E-state index is 12.0. The first-order valence-electron chi connectivity index (χ1n) is 9.62. The van der Waals surface area contributed by atoms with Gasteiger partial charge in [-0.15, -0.1) is 0 Å². The second-order valence-electron chi connectivity index (χ2n) is 6.66. The molecule has 0 bridgehead atoms. The van der Waals surface area contributed by atoms with Gasteiger partial charge in [0.15, 0.2) is 0 Å². The molecule has 2 aromatic carbocycles. The van der Waals surface area contributed by atoms with Crippen LogP contribution in [0, 0.1) is 6.92 Å². The molecule has 0 N–H and O–H groups in total. The summed E-state index contributed by atoms with van der Waals surface area (Å²) in [5.41, 5.74) is 4.69. The molecule has 0 amide bonds. The SMILES string of the molecule is Cc1ccccc1/C(=C(\I)CCOCCCCOC(=O)C(F)(F)F)c1ccccc1. The summed E-state index contributed by atoms with van der Waals surface area (Å²) in [6.07, 6.45) is -3.36. The Morgan fingerprint density at radius 3 is 2.23 bits per heavy atom. The van der Waals surface area contributed by atoms with Gasteiger partial charge in [0.25, 0.3) is 0 Å². The van der Waals surface area contributed by atoms with E-state index in [0.717, 1.165) is 12.0 Å². The van der Waals surface area contributed by atoms with E-state index in [1.165, 1.54) is 20.3 Å². The van der Waals surface area contributed by atoms with Gasteiger partial charge < -0.3 is 9.47 Å². The molecule has 2 aromatic rings. The van der Waals surface area contributed by atoms with E-state index in [0.29, 0.717) is 26.1 Å². The van der Waals surface area contributed by atoms with Crippen LogP contribution in [0.3, 0.4) is 0 Å². The molecule has 3 nitrogen and oxygen atoms in total. The fraction of sp³-hybridized carbons (Fsp3) is 0.348. The second-order valence-corrected chi connectivity index (χ2v) is 7.97. The highest BCUT2D eigenvalue weighted by molar-refractivity contribution is 14.1. The van der Waals surface area contributed by atoms with Crippen molar-refractivity contribution in [1.29, 1.82) is 0 Å². The Hall–Kier alpha value is -1.87. The molecule has 0 aliphatic heterocycles. The van der Waals surface area contributed by atoms with Gasteiger partial charge >= 0.3 is 12.1 Å². The van der Waals surface area contributed by atoms with E-state index in [1.54, 1.807) is 0 Å². The van der Waals surface area contributed by atoms with Crippen molar-refractivity contribution in [3.8, 4) is 0 Å². The number of carbonyl (C=O) groups excluding carboxylic acids is 1. The molecule has 0 aliphatic carbocycles. The maximum Gasteiger partial charge on any atom is 0.490 e. The number of hydrogen-bond donors (Lipinski definition) is 0. The van der Waals surface area contributed by atoms with E-state index in [-0.39, 0.29) is 6.61 Å². The number of esters is 1. The van der Waals surface area contributed by atoms with Crippen LogP contribution in [-0.2, 0) is 14.3 Å². The van der Waals surface area contributed by atoms with E-state index >= 15 is 0 Å². The van der Waals surface area contributed by atoms with Crippen LogP contribution in [0.2, 0.25) is 0 Å². The van der Waals surface area contributed by atoms with E-state index < -0.39 is 12.1 Å². The van der Waals surface area contributed by atoms with Crippen LogP contribution in [-0.4, -0.2) is 32.0 Å². The fourth-order valence-electron chi connectivity index (χ4n) is 2.86. The molecule has 7 heteroatoms. The minimum atomic E-state index is -4.94. The number of hydrogen-bond acceptors (Lipinski definition) is 3. The third-order valence-electron chi connectivity index (χ3n) is 4.36. The highest BCUT2D eigenvalue weighted by Crippen LogP contribution is 2.33. The van der Waals surface area contributed by atoms with Gasteiger partial charge in [-0.1, -0.05) is 54.6 Å². The Bertz CT molecular complexity index is 848. The van der Waals surface area contributed by atoms with Crippen LogP contribution in [0.5, 0.6) is 0 Å². The van der Waals surface area contributed by atoms with Gasteiger partial charge in [-0.25, -0.2) is 4.79 Å². The zero-order chi connectivity index (χ0) is 22.0. The molecular formula is C23H24F3IO3. The van der Waals surface area contributed by atoms with E-state index in [2.05, 4.69) is 58.5 Å². The monoisotopic (exact) mass is 532 g/mol. The van der Waals surface area contributed by atoms with Crippen molar-refractivity contribution in [2.24, 2.45) is 0 Å². The first-order valence-corrected chi connectivity index (χ1v) is 10.7. The molecule has 0 spiro atoms. The molecule has 0 atom stereocenters. The molecule has 0 unspecified atom stereocenters. The molecule has 0 fully saturated rings. The average molecular weight is 532 g/mol. The lowest BCUT2D eigenvalue weighted by atomic mass is 9.93. The third-order valence-corrected chi connectivity index (χ3v) is 5.44. The summed E-state index contributed by atoms with van der Waals surface area (Å²) >= 11 is 2.35. The highest BCUT2D eigenvalue weighted by atomic mass is 127. The minimum absolute atomic E-state index is 0.259. The number of benzene rings is 2. The van der Waals surface area contributed by atoms with Crippen LogP contribution in [0.1, 0.15) is 36.0 Å². The molecule has 0 saturated heterocycles. The number of alkyl halides is 3. The molecule has 2 rings (SSSR count). The summed E-state index contributed by atoms with van der Waals surface area (Å²) in [6.45, 7) is 2.73. The van der Waals surface area contributed by atoms with Crippen LogP contribution >= 0.6 is 22.6 Å². The highest BCUT2D eigenvalue weighted by Gasteiger charge is 2.40. The zero-order valence-corrected chi connectivity index (χ0v) is 18.8. The minimum Gasteiger partial charge on any atom is -0.459 e. The van der Waals surface area contributed by atoms with Crippen LogP contribution < -0.4 is 0 Å². The van der Waals surface area contributed by atoms with Crippen molar-refractivity contribution in [2.75, 3.05) is 19.8 Å². The van der Waals surface area contributed by atoms with Gasteiger partial charge in [-0.05, 0) is 64.6 Å². The summed E-state index contributed by atoms with van der Waals surface area (Å²) in [6, 6.07) is 18.4. The second kappa shape index (κ2) is 12.1. The summed E-state index contributed by atoms with van der Waals surface area (Å²) in [5, 5.41) is 0. The predicted octanol–water partition coefficient (Wildman–Crippen LogP) is 6.48. The molecule has 0 aromatic heterocycles. The lowest BCUT2D eigenvalue weighted by Crippen LogP contribution is -2.25. The summed E-state index contributed by atoms with van der Waals surface area (Å²) in [5.74, 6) is -2.15. The first kappa shape index (κ1) is 24.4. The van der Waals surface area contributed by atoms with Crippen molar-refractivity contribution in [2.45, 2.75) is 32.4 Å². The third kappa shape index (κ3) is 7.75. The quantitative estimate of drug-likeness (QED) is 0.200. The molecule has 30 heavy (non-hydrogen) atoms. The number of carbonyl (C=O) groups is 1. The van der Waals surface area contributed by atoms with Gasteiger partial charge in [-0.3, -0.25) is 0 Å². The van der Waals surface area contributed by atoms with E-state index in [1.807, 2.05) is 30.3 Å². The summed E-state index contributed by atoms with van der Waals surface area (Å²) in [7, 11) is 0. The van der Waals surface area contributed by atoms with Gasteiger partial charge in [-0.2, -0.15) is 13.2 Å². The first-order chi connectivity index (χ1) is 14.3. The van der Waals surface area contributed by atoms with Crippen molar-refractivity contribution >= 4 is 34.1 Å². The Kier molecular flexibility index (Phi) is 9.84. The Labute approximate surface area is 188 Å². The van der Waals surface area contributed by atoms with Gasteiger partial charge in [0, 0.05) is 16.6 Å². The topological polar surface area (TPSA) is 35.5 Å². The van der Waals surface area contributed by atoms with Gasteiger partial charge in [0.2, 0.25) is 0 Å². The number of aryl methyl sites for hydroxylation is 1. The zero-order valence-electron chi connectivity index (χ0n) is 16.7. The molecular weight excluding hydrogens is 508 g/mol. The Morgan fingerprint density at radius 1 is 0.933 bits per heavy atom. The van der Waals surface area contributed by atoms with Crippen LogP contribution in [0.4, 0.5) is 13.2 Å². The van der Waals surface area contributed by atoms with Crippen LogP contribution in [0.25, 0.3) is 5.57 Å².